The van der Waals surface area contributed by atoms with Crippen LogP contribution in [-0.4, -0.2) is 49.9 Å². The lowest BCUT2D eigenvalue weighted by Crippen LogP contribution is -2.39. The SMILES string of the molecule is Cn1cnc(S(=O)(=O)N2CCCC(c3nccn3Cc3ccccn3)C2)c1. The zero-order chi connectivity index (χ0) is 18.9. The van der Waals surface area contributed by atoms with Crippen LogP contribution in [0.25, 0.3) is 0 Å². The van der Waals surface area contributed by atoms with Gasteiger partial charge in [0.25, 0.3) is 10.0 Å². The van der Waals surface area contributed by atoms with Crippen LogP contribution in [0.2, 0.25) is 0 Å². The molecule has 1 aliphatic heterocycles. The maximum Gasteiger partial charge on any atom is 0.262 e. The van der Waals surface area contributed by atoms with Gasteiger partial charge in [0.1, 0.15) is 5.82 Å². The molecule has 1 fully saturated rings. The standard InChI is InChI=1S/C18H22N6O2S/c1-22-13-17(21-14-22)27(25,26)24-9-4-5-15(11-24)18-20-8-10-23(18)12-16-6-2-3-7-19-16/h2-3,6-8,10,13-15H,4-5,9,11-12H2,1H3. The molecule has 1 atom stereocenters. The van der Waals surface area contributed by atoms with E-state index in [9.17, 15) is 8.42 Å². The Balaban J connectivity index is 1.55. The van der Waals surface area contributed by atoms with Crippen molar-refractivity contribution in [3.8, 4) is 0 Å². The Morgan fingerprint density at radius 1 is 1.19 bits per heavy atom. The second-order valence-corrected chi connectivity index (χ2v) is 8.70. The molecule has 1 saturated heterocycles. The van der Waals surface area contributed by atoms with E-state index in [0.717, 1.165) is 24.4 Å². The van der Waals surface area contributed by atoms with Crippen LogP contribution in [0.3, 0.4) is 0 Å². The average Bonchev–Trinajstić information content (AvgIpc) is 3.32. The van der Waals surface area contributed by atoms with Crippen molar-refractivity contribution < 1.29 is 8.42 Å². The summed E-state index contributed by atoms with van der Waals surface area (Å²) in [5.41, 5.74) is 0.950. The molecule has 1 aliphatic rings. The molecule has 1 unspecified atom stereocenters. The molecule has 0 saturated carbocycles. The number of imidazole rings is 2. The average molecular weight is 386 g/mol. The van der Waals surface area contributed by atoms with Gasteiger partial charge in [0, 0.05) is 50.8 Å². The smallest absolute Gasteiger partial charge is 0.262 e. The van der Waals surface area contributed by atoms with Gasteiger partial charge < -0.3 is 9.13 Å². The summed E-state index contributed by atoms with van der Waals surface area (Å²) in [6.07, 6.45) is 10.2. The predicted octanol–water partition coefficient (Wildman–Crippen LogP) is 1.63. The Morgan fingerprint density at radius 2 is 2.07 bits per heavy atom. The zero-order valence-electron chi connectivity index (χ0n) is 15.1. The normalized spacial score (nSPS) is 18.6. The van der Waals surface area contributed by atoms with Gasteiger partial charge in [-0.2, -0.15) is 4.31 Å². The van der Waals surface area contributed by atoms with E-state index in [4.69, 9.17) is 0 Å². The van der Waals surface area contributed by atoms with E-state index in [1.54, 1.807) is 30.2 Å². The van der Waals surface area contributed by atoms with E-state index in [1.807, 2.05) is 24.4 Å². The molecule has 0 N–H and O–H groups in total. The molecule has 0 radical (unpaired) electrons. The van der Waals surface area contributed by atoms with E-state index < -0.39 is 10.0 Å². The van der Waals surface area contributed by atoms with Crippen molar-refractivity contribution in [1.82, 2.24) is 28.4 Å². The molecule has 0 aromatic carbocycles. The van der Waals surface area contributed by atoms with Crippen LogP contribution >= 0.6 is 0 Å². The lowest BCUT2D eigenvalue weighted by molar-refractivity contribution is 0.304. The molecule has 0 spiro atoms. The lowest BCUT2D eigenvalue weighted by Gasteiger charge is -2.31. The zero-order valence-corrected chi connectivity index (χ0v) is 16.0. The van der Waals surface area contributed by atoms with Crippen LogP contribution in [0, 0.1) is 0 Å². The predicted molar refractivity (Wildman–Crippen MR) is 99.5 cm³/mol. The Bertz CT molecular complexity index is 1010. The number of aryl methyl sites for hydroxylation is 1. The van der Waals surface area contributed by atoms with Gasteiger partial charge in [-0.3, -0.25) is 4.98 Å². The van der Waals surface area contributed by atoms with Crippen LogP contribution in [0.1, 0.15) is 30.3 Å². The van der Waals surface area contributed by atoms with E-state index in [-0.39, 0.29) is 10.9 Å². The van der Waals surface area contributed by atoms with E-state index in [0.29, 0.717) is 19.6 Å². The molecule has 9 heteroatoms. The molecule has 27 heavy (non-hydrogen) atoms. The van der Waals surface area contributed by atoms with Gasteiger partial charge in [-0.15, -0.1) is 0 Å². The Morgan fingerprint density at radius 3 is 2.81 bits per heavy atom. The largest absolute Gasteiger partial charge is 0.339 e. The van der Waals surface area contributed by atoms with Crippen molar-refractivity contribution in [1.29, 1.82) is 0 Å². The number of piperidine rings is 1. The summed E-state index contributed by atoms with van der Waals surface area (Å²) in [5.74, 6) is 0.956. The molecule has 4 rings (SSSR count). The summed E-state index contributed by atoms with van der Waals surface area (Å²) in [4.78, 5) is 12.9. The number of hydrogen-bond donors (Lipinski definition) is 0. The highest BCUT2D eigenvalue weighted by Gasteiger charge is 2.33. The summed E-state index contributed by atoms with van der Waals surface area (Å²) in [6, 6.07) is 5.82. The molecular weight excluding hydrogens is 364 g/mol. The van der Waals surface area contributed by atoms with E-state index in [2.05, 4.69) is 19.5 Å². The van der Waals surface area contributed by atoms with Gasteiger partial charge in [0.15, 0.2) is 5.03 Å². The fourth-order valence-corrected chi connectivity index (χ4v) is 5.00. The van der Waals surface area contributed by atoms with Crippen LogP contribution < -0.4 is 0 Å². The van der Waals surface area contributed by atoms with Gasteiger partial charge >= 0.3 is 0 Å². The van der Waals surface area contributed by atoms with Crippen molar-refractivity contribution in [2.75, 3.05) is 13.1 Å². The number of sulfonamides is 1. The second-order valence-electron chi connectivity index (χ2n) is 6.81. The van der Waals surface area contributed by atoms with E-state index in [1.165, 1.54) is 10.6 Å². The summed E-state index contributed by atoms with van der Waals surface area (Å²) in [6.45, 7) is 1.55. The van der Waals surface area contributed by atoms with Gasteiger partial charge in [0.05, 0.1) is 18.6 Å². The van der Waals surface area contributed by atoms with Crippen molar-refractivity contribution in [3.63, 3.8) is 0 Å². The highest BCUT2D eigenvalue weighted by Crippen LogP contribution is 2.29. The first-order valence-electron chi connectivity index (χ1n) is 8.93. The molecule has 142 valence electrons. The van der Waals surface area contributed by atoms with Crippen molar-refractivity contribution in [2.45, 2.75) is 30.3 Å². The van der Waals surface area contributed by atoms with Crippen molar-refractivity contribution >= 4 is 10.0 Å². The first kappa shape index (κ1) is 17.9. The number of nitrogens with zero attached hydrogens (tertiary/aromatic N) is 6. The summed E-state index contributed by atoms with van der Waals surface area (Å²) < 4.78 is 31.0. The highest BCUT2D eigenvalue weighted by molar-refractivity contribution is 7.89. The number of hydrogen-bond acceptors (Lipinski definition) is 5. The lowest BCUT2D eigenvalue weighted by atomic mass is 9.99. The minimum Gasteiger partial charge on any atom is -0.339 e. The quantitative estimate of drug-likeness (QED) is 0.665. The molecular formula is C18H22N6O2S. The Kier molecular flexibility index (Phi) is 4.79. The van der Waals surface area contributed by atoms with Crippen LogP contribution in [-0.2, 0) is 23.6 Å². The topological polar surface area (TPSA) is 85.9 Å². The third-order valence-electron chi connectivity index (χ3n) is 4.84. The molecule has 3 aromatic heterocycles. The van der Waals surface area contributed by atoms with Gasteiger partial charge in [-0.25, -0.2) is 18.4 Å². The minimum absolute atomic E-state index is 0.0518. The molecule has 4 heterocycles. The molecule has 0 amide bonds. The molecule has 0 aliphatic carbocycles. The van der Waals surface area contributed by atoms with Crippen LogP contribution in [0.5, 0.6) is 0 Å². The molecule has 3 aromatic rings. The monoisotopic (exact) mass is 386 g/mol. The second kappa shape index (κ2) is 7.24. The Hall–Kier alpha value is -2.52. The molecule has 8 nitrogen and oxygen atoms in total. The highest BCUT2D eigenvalue weighted by atomic mass is 32.2. The number of pyridine rings is 1. The third-order valence-corrected chi connectivity index (χ3v) is 6.59. The minimum atomic E-state index is -3.58. The number of aromatic nitrogens is 5. The Labute approximate surface area is 158 Å². The molecule has 0 bridgehead atoms. The van der Waals surface area contributed by atoms with Crippen LogP contribution in [0.15, 0.2) is 54.3 Å². The fraction of sp³-hybridized carbons (Fsp3) is 0.389. The maximum atomic E-state index is 12.9. The number of rotatable bonds is 5. The maximum absolute atomic E-state index is 12.9. The van der Waals surface area contributed by atoms with E-state index >= 15 is 0 Å². The summed E-state index contributed by atoms with van der Waals surface area (Å²) in [5, 5.41) is 0.0995. The first-order chi connectivity index (χ1) is 13.0. The fourth-order valence-electron chi connectivity index (χ4n) is 3.51. The van der Waals surface area contributed by atoms with Gasteiger partial charge in [0.2, 0.25) is 0 Å². The summed E-state index contributed by atoms with van der Waals surface area (Å²) in [7, 11) is -1.82. The van der Waals surface area contributed by atoms with Crippen LogP contribution in [0.4, 0.5) is 0 Å². The third kappa shape index (κ3) is 3.65. The summed E-state index contributed by atoms with van der Waals surface area (Å²) >= 11 is 0. The first-order valence-corrected chi connectivity index (χ1v) is 10.4. The van der Waals surface area contributed by atoms with Crippen molar-refractivity contribution in [2.24, 2.45) is 7.05 Å². The van der Waals surface area contributed by atoms with Gasteiger partial charge in [-0.1, -0.05) is 6.07 Å². The van der Waals surface area contributed by atoms with Crippen molar-refractivity contribution in [3.05, 3.63) is 60.8 Å². The van der Waals surface area contributed by atoms with Gasteiger partial charge in [-0.05, 0) is 25.0 Å².